The lowest BCUT2D eigenvalue weighted by molar-refractivity contribution is 0.0298. The van der Waals surface area contributed by atoms with Crippen LogP contribution in [0.5, 0.6) is 0 Å². The van der Waals surface area contributed by atoms with E-state index in [2.05, 4.69) is 9.97 Å². The molecule has 0 saturated carbocycles. The Balaban J connectivity index is 1.76. The smallest absolute Gasteiger partial charge is 0.252 e. The largest absolute Gasteiger partial charge is 0.378 e. The molecule has 124 valence electrons. The van der Waals surface area contributed by atoms with Crippen molar-refractivity contribution >= 4 is 21.4 Å². The van der Waals surface area contributed by atoms with Gasteiger partial charge in [0.25, 0.3) is 10.0 Å². The molecule has 3 rings (SSSR count). The number of hydrogen-bond acceptors (Lipinski definition) is 6. The Bertz CT molecular complexity index is 747. The molecule has 6 nitrogen and oxygen atoms in total. The first-order valence-electron chi connectivity index (χ1n) is 7.48. The van der Waals surface area contributed by atoms with Gasteiger partial charge in [-0.15, -0.1) is 11.3 Å². The van der Waals surface area contributed by atoms with Crippen LogP contribution >= 0.6 is 11.3 Å². The third kappa shape index (κ3) is 3.60. The highest BCUT2D eigenvalue weighted by molar-refractivity contribution is 7.91. The maximum absolute atomic E-state index is 12.8. The van der Waals surface area contributed by atoms with E-state index in [1.807, 2.05) is 6.92 Å². The standard InChI is InChI=1S/C15H19N3O3S2/c1-12-14(17-7-6-16-12)5-4-13-11-21-9-8-18(13)23(19,20)15-3-2-10-22-15/h2-3,6-7,10,13H,4-5,8-9,11H2,1H3/t13-/m1/s1. The van der Waals surface area contributed by atoms with E-state index in [4.69, 9.17) is 4.74 Å². The fourth-order valence-electron chi connectivity index (χ4n) is 2.69. The molecule has 0 radical (unpaired) electrons. The van der Waals surface area contributed by atoms with Crippen molar-refractivity contribution in [1.29, 1.82) is 0 Å². The zero-order chi connectivity index (χ0) is 16.3. The van der Waals surface area contributed by atoms with Crippen LogP contribution in [-0.2, 0) is 21.2 Å². The Hall–Kier alpha value is -1.35. The molecule has 0 bridgehead atoms. The number of aromatic nitrogens is 2. The summed E-state index contributed by atoms with van der Waals surface area (Å²) >= 11 is 1.25. The summed E-state index contributed by atoms with van der Waals surface area (Å²) in [6.07, 6.45) is 4.68. The normalized spacial score (nSPS) is 19.8. The topological polar surface area (TPSA) is 72.4 Å². The van der Waals surface area contributed by atoms with E-state index in [9.17, 15) is 8.42 Å². The average molecular weight is 353 g/mol. The number of thiophene rings is 1. The highest BCUT2D eigenvalue weighted by atomic mass is 32.2. The van der Waals surface area contributed by atoms with Gasteiger partial charge < -0.3 is 4.74 Å². The minimum Gasteiger partial charge on any atom is -0.378 e. The summed E-state index contributed by atoms with van der Waals surface area (Å²) in [6.45, 7) is 3.17. The number of ether oxygens (including phenoxy) is 1. The second kappa shape index (κ2) is 7.04. The molecule has 1 fully saturated rings. The lowest BCUT2D eigenvalue weighted by Crippen LogP contribution is -2.48. The van der Waals surface area contributed by atoms with Crippen LogP contribution in [0.3, 0.4) is 0 Å². The molecule has 8 heteroatoms. The summed E-state index contributed by atoms with van der Waals surface area (Å²) in [6, 6.07) is 3.24. The van der Waals surface area contributed by atoms with Gasteiger partial charge in [-0.2, -0.15) is 4.31 Å². The van der Waals surface area contributed by atoms with Crippen molar-refractivity contribution in [2.75, 3.05) is 19.8 Å². The molecular weight excluding hydrogens is 334 g/mol. The predicted molar refractivity (Wildman–Crippen MR) is 87.9 cm³/mol. The molecule has 3 heterocycles. The van der Waals surface area contributed by atoms with Gasteiger partial charge in [0.1, 0.15) is 4.21 Å². The molecule has 1 aliphatic heterocycles. The van der Waals surface area contributed by atoms with Gasteiger partial charge in [0, 0.05) is 25.0 Å². The van der Waals surface area contributed by atoms with E-state index in [1.165, 1.54) is 11.3 Å². The van der Waals surface area contributed by atoms with Gasteiger partial charge in [-0.25, -0.2) is 8.42 Å². The number of hydrogen-bond donors (Lipinski definition) is 0. The monoisotopic (exact) mass is 353 g/mol. The molecule has 0 aromatic carbocycles. The van der Waals surface area contributed by atoms with E-state index in [0.29, 0.717) is 36.8 Å². The number of aryl methyl sites for hydroxylation is 2. The van der Waals surface area contributed by atoms with Crippen LogP contribution in [0.1, 0.15) is 17.8 Å². The van der Waals surface area contributed by atoms with Crippen LogP contribution in [-0.4, -0.2) is 48.5 Å². The Labute approximate surface area is 140 Å². The summed E-state index contributed by atoms with van der Waals surface area (Å²) in [5, 5.41) is 1.78. The van der Waals surface area contributed by atoms with E-state index in [0.717, 1.165) is 11.4 Å². The van der Waals surface area contributed by atoms with Crippen LogP contribution in [0.4, 0.5) is 0 Å². The molecule has 2 aromatic heterocycles. The van der Waals surface area contributed by atoms with Gasteiger partial charge in [-0.05, 0) is 31.2 Å². The number of rotatable bonds is 5. The summed E-state index contributed by atoms with van der Waals surface area (Å²) < 4.78 is 33.1. The van der Waals surface area contributed by atoms with Crippen LogP contribution in [0.25, 0.3) is 0 Å². The third-order valence-electron chi connectivity index (χ3n) is 3.93. The number of nitrogens with zero attached hydrogens (tertiary/aromatic N) is 3. The highest BCUT2D eigenvalue weighted by Crippen LogP contribution is 2.26. The van der Waals surface area contributed by atoms with E-state index < -0.39 is 10.0 Å². The molecule has 0 amide bonds. The summed E-state index contributed by atoms with van der Waals surface area (Å²) in [5.74, 6) is 0. The van der Waals surface area contributed by atoms with Crippen LogP contribution in [0.2, 0.25) is 0 Å². The molecule has 0 aliphatic carbocycles. The van der Waals surface area contributed by atoms with Gasteiger partial charge in [-0.3, -0.25) is 9.97 Å². The maximum atomic E-state index is 12.8. The summed E-state index contributed by atoms with van der Waals surface area (Å²) in [4.78, 5) is 8.56. The summed E-state index contributed by atoms with van der Waals surface area (Å²) in [7, 11) is -3.45. The fraction of sp³-hybridized carbons (Fsp3) is 0.467. The van der Waals surface area contributed by atoms with Crippen LogP contribution in [0.15, 0.2) is 34.1 Å². The highest BCUT2D eigenvalue weighted by Gasteiger charge is 2.34. The molecule has 1 aliphatic rings. The minimum absolute atomic E-state index is 0.169. The second-order valence-electron chi connectivity index (χ2n) is 5.40. The molecule has 23 heavy (non-hydrogen) atoms. The lowest BCUT2D eigenvalue weighted by atomic mass is 10.1. The van der Waals surface area contributed by atoms with E-state index in [1.54, 1.807) is 34.2 Å². The SMILES string of the molecule is Cc1nccnc1CC[C@@H]1COCCN1S(=O)(=O)c1cccs1. The molecule has 2 aromatic rings. The number of sulfonamides is 1. The van der Waals surface area contributed by atoms with Crippen molar-refractivity contribution < 1.29 is 13.2 Å². The van der Waals surface area contributed by atoms with Crippen LogP contribution in [0, 0.1) is 6.92 Å². The Morgan fingerprint density at radius 2 is 2.22 bits per heavy atom. The van der Waals surface area contributed by atoms with Gasteiger partial charge >= 0.3 is 0 Å². The zero-order valence-corrected chi connectivity index (χ0v) is 14.5. The van der Waals surface area contributed by atoms with Gasteiger partial charge in [0.15, 0.2) is 0 Å². The Morgan fingerprint density at radius 1 is 1.39 bits per heavy atom. The minimum atomic E-state index is -3.45. The maximum Gasteiger partial charge on any atom is 0.252 e. The predicted octanol–water partition coefficient (Wildman–Crippen LogP) is 1.87. The average Bonchev–Trinajstić information content (AvgIpc) is 3.10. The van der Waals surface area contributed by atoms with E-state index >= 15 is 0 Å². The van der Waals surface area contributed by atoms with Crippen molar-refractivity contribution in [1.82, 2.24) is 14.3 Å². The lowest BCUT2D eigenvalue weighted by Gasteiger charge is -2.34. The van der Waals surface area contributed by atoms with Crippen molar-refractivity contribution in [3.05, 3.63) is 41.3 Å². The Kier molecular flexibility index (Phi) is 5.05. The Morgan fingerprint density at radius 3 is 2.96 bits per heavy atom. The number of morpholine rings is 1. The van der Waals surface area contributed by atoms with Gasteiger partial charge in [0.05, 0.1) is 24.6 Å². The van der Waals surface area contributed by atoms with Gasteiger partial charge in [-0.1, -0.05) is 6.07 Å². The molecule has 0 spiro atoms. The third-order valence-corrected chi connectivity index (χ3v) is 7.25. The van der Waals surface area contributed by atoms with E-state index in [-0.39, 0.29) is 6.04 Å². The first-order valence-corrected chi connectivity index (χ1v) is 9.80. The first kappa shape index (κ1) is 16.5. The van der Waals surface area contributed by atoms with Crippen molar-refractivity contribution in [2.24, 2.45) is 0 Å². The fourth-order valence-corrected chi connectivity index (χ4v) is 5.44. The second-order valence-corrected chi connectivity index (χ2v) is 8.47. The summed E-state index contributed by atoms with van der Waals surface area (Å²) in [5.41, 5.74) is 1.79. The quantitative estimate of drug-likeness (QED) is 0.820. The molecule has 1 saturated heterocycles. The molecular formula is C15H19N3O3S2. The molecule has 0 unspecified atom stereocenters. The van der Waals surface area contributed by atoms with Crippen molar-refractivity contribution in [2.45, 2.75) is 30.0 Å². The van der Waals surface area contributed by atoms with Crippen molar-refractivity contribution in [3.63, 3.8) is 0 Å². The van der Waals surface area contributed by atoms with Crippen molar-refractivity contribution in [3.8, 4) is 0 Å². The molecule has 0 N–H and O–H groups in total. The first-order chi connectivity index (χ1) is 11.1. The molecule has 1 atom stereocenters. The van der Waals surface area contributed by atoms with Gasteiger partial charge in [0.2, 0.25) is 0 Å². The zero-order valence-electron chi connectivity index (χ0n) is 12.9. The van der Waals surface area contributed by atoms with Crippen LogP contribution < -0.4 is 0 Å².